The normalized spacial score (nSPS) is 15.0. The fourth-order valence-electron chi connectivity index (χ4n) is 2.38. The predicted molar refractivity (Wildman–Crippen MR) is 75.1 cm³/mol. The summed E-state index contributed by atoms with van der Waals surface area (Å²) >= 11 is 1.76. The Morgan fingerprint density at radius 3 is 3.15 bits per heavy atom. The number of rotatable bonds is 4. The van der Waals surface area contributed by atoms with Gasteiger partial charge >= 0.3 is 0 Å². The topological polar surface area (TPSA) is 79.2 Å². The lowest BCUT2D eigenvalue weighted by molar-refractivity contribution is -0.384. The van der Waals surface area contributed by atoms with Gasteiger partial charge in [0.25, 0.3) is 5.69 Å². The van der Waals surface area contributed by atoms with Crippen molar-refractivity contribution in [2.75, 3.05) is 13.1 Å². The molecular formula is C13H13N3O3S. The largest absolute Gasteiger partial charge is 0.353 e. The molecule has 2 aromatic rings. The van der Waals surface area contributed by atoms with E-state index in [0.29, 0.717) is 5.69 Å². The van der Waals surface area contributed by atoms with Crippen LogP contribution in [0.1, 0.15) is 20.9 Å². The van der Waals surface area contributed by atoms with Crippen LogP contribution in [0.25, 0.3) is 0 Å². The second kappa shape index (κ2) is 5.18. The van der Waals surface area contributed by atoms with E-state index in [1.807, 2.05) is 0 Å². The molecule has 0 atom stereocenters. The maximum atomic E-state index is 12.1. The van der Waals surface area contributed by atoms with Crippen molar-refractivity contribution < 1.29 is 9.72 Å². The molecule has 0 aliphatic carbocycles. The summed E-state index contributed by atoms with van der Waals surface area (Å²) < 4.78 is 0. The van der Waals surface area contributed by atoms with Gasteiger partial charge in [-0.05, 0) is 23.4 Å². The fourth-order valence-corrected chi connectivity index (χ4v) is 3.27. The van der Waals surface area contributed by atoms with Crippen LogP contribution in [0.3, 0.4) is 0 Å². The van der Waals surface area contributed by atoms with Gasteiger partial charge in [0.05, 0.1) is 23.4 Å². The van der Waals surface area contributed by atoms with Crippen molar-refractivity contribution in [2.24, 2.45) is 0 Å². The minimum absolute atomic E-state index is 0.0767. The molecule has 1 N–H and O–H groups in total. The number of nitrogens with one attached hydrogen (secondary N) is 1. The Morgan fingerprint density at radius 1 is 1.55 bits per heavy atom. The van der Waals surface area contributed by atoms with Gasteiger partial charge in [0.2, 0.25) is 0 Å². The van der Waals surface area contributed by atoms with Crippen LogP contribution in [-0.4, -0.2) is 33.7 Å². The molecule has 20 heavy (non-hydrogen) atoms. The third-order valence-corrected chi connectivity index (χ3v) is 4.46. The average molecular weight is 291 g/mol. The minimum Gasteiger partial charge on any atom is -0.353 e. The molecule has 0 fully saturated rings. The molecule has 0 amide bonds. The number of ketones is 1. The van der Waals surface area contributed by atoms with E-state index < -0.39 is 4.92 Å². The van der Waals surface area contributed by atoms with Crippen LogP contribution in [0, 0.1) is 10.1 Å². The second-order valence-corrected chi connectivity index (χ2v) is 5.78. The molecule has 0 unspecified atom stereocenters. The van der Waals surface area contributed by atoms with Crippen molar-refractivity contribution in [3.63, 3.8) is 0 Å². The lowest BCUT2D eigenvalue weighted by Gasteiger charge is -2.25. The number of aromatic amines is 1. The summed E-state index contributed by atoms with van der Waals surface area (Å²) in [4.78, 5) is 28.3. The van der Waals surface area contributed by atoms with Crippen LogP contribution >= 0.6 is 11.3 Å². The zero-order chi connectivity index (χ0) is 14.1. The van der Waals surface area contributed by atoms with E-state index >= 15 is 0 Å². The number of thiophene rings is 1. The van der Waals surface area contributed by atoms with Crippen LogP contribution in [0.15, 0.2) is 23.7 Å². The van der Waals surface area contributed by atoms with Gasteiger partial charge in [0, 0.05) is 24.0 Å². The van der Waals surface area contributed by atoms with Crippen molar-refractivity contribution in [1.29, 1.82) is 0 Å². The number of fused-ring (bicyclic) bond motifs is 1. The SMILES string of the molecule is O=C(CN1CCc2sccc2C1)c1cc([N+](=O)[O-])c[nH]1. The van der Waals surface area contributed by atoms with Crippen molar-refractivity contribution >= 4 is 22.8 Å². The van der Waals surface area contributed by atoms with Crippen LogP contribution in [0.5, 0.6) is 0 Å². The van der Waals surface area contributed by atoms with E-state index in [4.69, 9.17) is 0 Å². The molecule has 0 aromatic carbocycles. The Morgan fingerprint density at radius 2 is 2.40 bits per heavy atom. The first-order valence-electron chi connectivity index (χ1n) is 6.27. The van der Waals surface area contributed by atoms with Crippen LogP contribution in [0.4, 0.5) is 5.69 Å². The highest BCUT2D eigenvalue weighted by atomic mass is 32.1. The van der Waals surface area contributed by atoms with Crippen LogP contribution in [0.2, 0.25) is 0 Å². The third kappa shape index (κ3) is 2.50. The van der Waals surface area contributed by atoms with E-state index in [0.717, 1.165) is 19.5 Å². The number of H-pyrrole nitrogens is 1. The average Bonchev–Trinajstić information content (AvgIpc) is 3.07. The molecule has 0 bridgehead atoms. The van der Waals surface area contributed by atoms with Crippen molar-refractivity contribution in [1.82, 2.24) is 9.88 Å². The van der Waals surface area contributed by atoms with Gasteiger partial charge in [-0.1, -0.05) is 0 Å². The molecule has 0 spiro atoms. The van der Waals surface area contributed by atoms with E-state index in [-0.39, 0.29) is 18.0 Å². The fraction of sp³-hybridized carbons (Fsp3) is 0.308. The molecule has 0 saturated carbocycles. The monoisotopic (exact) mass is 291 g/mol. The summed E-state index contributed by atoms with van der Waals surface area (Å²) in [5.41, 5.74) is 1.51. The lowest BCUT2D eigenvalue weighted by Crippen LogP contribution is -2.34. The highest BCUT2D eigenvalue weighted by Crippen LogP contribution is 2.24. The highest BCUT2D eigenvalue weighted by Gasteiger charge is 2.21. The molecule has 3 rings (SSSR count). The molecule has 1 aliphatic rings. The van der Waals surface area contributed by atoms with Crippen LogP contribution < -0.4 is 0 Å². The first kappa shape index (κ1) is 13.0. The quantitative estimate of drug-likeness (QED) is 0.532. The Kier molecular flexibility index (Phi) is 3.37. The van der Waals surface area contributed by atoms with Crippen LogP contribution in [-0.2, 0) is 13.0 Å². The predicted octanol–water partition coefficient (Wildman–Crippen LogP) is 2.23. The first-order valence-corrected chi connectivity index (χ1v) is 7.15. The number of Topliss-reactive ketones (excluding diaryl/α,β-unsaturated/α-hetero) is 1. The lowest BCUT2D eigenvalue weighted by atomic mass is 10.1. The summed E-state index contributed by atoms with van der Waals surface area (Å²) in [5, 5.41) is 12.7. The van der Waals surface area contributed by atoms with Gasteiger partial charge in [-0.2, -0.15) is 0 Å². The molecule has 1 aliphatic heterocycles. The summed E-state index contributed by atoms with van der Waals surface area (Å²) in [6.07, 6.45) is 2.21. The van der Waals surface area contributed by atoms with E-state index in [1.54, 1.807) is 11.3 Å². The van der Waals surface area contributed by atoms with Crippen molar-refractivity contribution in [3.8, 4) is 0 Å². The molecule has 0 radical (unpaired) electrons. The van der Waals surface area contributed by atoms with Gasteiger partial charge in [0.1, 0.15) is 0 Å². The summed E-state index contributed by atoms with van der Waals surface area (Å²) in [7, 11) is 0. The van der Waals surface area contributed by atoms with Gasteiger partial charge < -0.3 is 4.98 Å². The molecule has 3 heterocycles. The van der Waals surface area contributed by atoms with Gasteiger partial charge in [-0.15, -0.1) is 11.3 Å². The molecule has 2 aromatic heterocycles. The molecule has 0 saturated heterocycles. The first-order chi connectivity index (χ1) is 9.63. The van der Waals surface area contributed by atoms with E-state index in [9.17, 15) is 14.9 Å². The Balaban J connectivity index is 1.66. The summed E-state index contributed by atoms with van der Waals surface area (Å²) in [6, 6.07) is 3.39. The Hall–Kier alpha value is -1.99. The minimum atomic E-state index is -0.508. The maximum Gasteiger partial charge on any atom is 0.287 e. The summed E-state index contributed by atoms with van der Waals surface area (Å²) in [5.74, 6) is -0.114. The van der Waals surface area contributed by atoms with Gasteiger partial charge in [0.15, 0.2) is 5.78 Å². The number of carbonyl (C=O) groups is 1. The Bertz CT molecular complexity index is 661. The number of hydrogen-bond acceptors (Lipinski definition) is 5. The number of nitro groups is 1. The summed E-state index contributed by atoms with van der Waals surface area (Å²) in [6.45, 7) is 1.91. The smallest absolute Gasteiger partial charge is 0.287 e. The maximum absolute atomic E-state index is 12.1. The zero-order valence-corrected chi connectivity index (χ0v) is 11.5. The Labute approximate surface area is 119 Å². The third-order valence-electron chi connectivity index (χ3n) is 3.43. The van der Waals surface area contributed by atoms with Crippen molar-refractivity contribution in [3.05, 3.63) is 50.0 Å². The second-order valence-electron chi connectivity index (χ2n) is 4.78. The molecular weight excluding hydrogens is 278 g/mol. The molecule has 6 nitrogen and oxygen atoms in total. The highest BCUT2D eigenvalue weighted by molar-refractivity contribution is 7.10. The number of aromatic nitrogens is 1. The number of hydrogen-bond donors (Lipinski definition) is 1. The van der Waals surface area contributed by atoms with Gasteiger partial charge in [-0.25, -0.2) is 0 Å². The standard InChI is InChI=1S/C13H13N3O3S/c17-12(11-5-10(6-14-11)16(18)19)8-15-3-1-13-9(7-15)2-4-20-13/h2,4-6,14H,1,3,7-8H2. The van der Waals surface area contributed by atoms with Crippen molar-refractivity contribution in [2.45, 2.75) is 13.0 Å². The molecule has 7 heteroatoms. The zero-order valence-electron chi connectivity index (χ0n) is 10.7. The molecule has 104 valence electrons. The number of carbonyl (C=O) groups excluding carboxylic acids is 1. The van der Waals surface area contributed by atoms with Gasteiger partial charge in [-0.3, -0.25) is 19.8 Å². The van der Waals surface area contributed by atoms with E-state index in [1.165, 1.54) is 22.7 Å². The number of nitrogens with zero attached hydrogens (tertiary/aromatic N) is 2. The van der Waals surface area contributed by atoms with E-state index in [2.05, 4.69) is 21.3 Å².